The number of aromatic nitrogens is 8. The number of esters is 1. The number of rotatable bonds is 38. The lowest BCUT2D eigenvalue weighted by molar-refractivity contribution is -0.265. The number of anilines is 2. The average molecular weight is 1680 g/mol. The van der Waals surface area contributed by atoms with Gasteiger partial charge in [-0.05, 0) is 151 Å². The molecule has 120 heavy (non-hydrogen) atoms. The van der Waals surface area contributed by atoms with E-state index in [1.807, 2.05) is 62.6 Å². The number of unbranched alkanes of at least 4 members (excludes halogenated alkanes) is 2. The van der Waals surface area contributed by atoms with Gasteiger partial charge in [0.25, 0.3) is 17.7 Å². The molecular weight excluding hydrogens is 1550 g/mol. The average Bonchev–Trinajstić information content (AvgIpc) is 1.05. The van der Waals surface area contributed by atoms with E-state index in [-0.39, 0.29) is 80.4 Å². The highest BCUT2D eigenvalue weighted by Crippen LogP contribution is 2.39. The number of nitrogens with one attached hydrogen (secondary N) is 1. The van der Waals surface area contributed by atoms with Gasteiger partial charge in [-0.3, -0.25) is 24.0 Å². The molecule has 3 aliphatic heterocycles. The quantitative estimate of drug-likeness (QED) is 0.00900. The van der Waals surface area contributed by atoms with E-state index in [1.54, 1.807) is 50.4 Å². The van der Waals surface area contributed by atoms with Crippen molar-refractivity contribution < 1.29 is 101 Å². The van der Waals surface area contributed by atoms with Crippen LogP contribution in [-0.4, -0.2) is 269 Å². The number of ether oxygens (including phenoxy) is 11. The van der Waals surface area contributed by atoms with Crippen molar-refractivity contribution in [2.75, 3.05) is 125 Å². The molecule has 15 atom stereocenters. The second-order valence-corrected chi connectivity index (χ2v) is 32.1. The van der Waals surface area contributed by atoms with E-state index in [0.29, 0.717) is 197 Å². The van der Waals surface area contributed by atoms with E-state index in [9.17, 15) is 44.1 Å². The van der Waals surface area contributed by atoms with Crippen molar-refractivity contribution in [3.8, 4) is 11.3 Å². The van der Waals surface area contributed by atoms with E-state index >= 15 is 0 Å². The van der Waals surface area contributed by atoms with Crippen LogP contribution in [0, 0.1) is 29.6 Å². The molecule has 1 saturated carbocycles. The first-order valence-electron chi connectivity index (χ1n) is 42.6. The monoisotopic (exact) mass is 1680 g/mol. The third kappa shape index (κ3) is 28.7. The number of oxazole rings is 1. The molecule has 2 saturated heterocycles. The van der Waals surface area contributed by atoms with Crippen LogP contribution < -0.4 is 22.5 Å². The number of carbonyl (C=O) groups is 6. The van der Waals surface area contributed by atoms with Crippen molar-refractivity contribution in [2.24, 2.45) is 35.3 Å². The third-order valence-corrected chi connectivity index (χ3v) is 22.9. The summed E-state index contributed by atoms with van der Waals surface area (Å²) in [6, 6.07) is 3.44. The molecule has 34 heteroatoms. The second-order valence-electron chi connectivity index (χ2n) is 32.1. The van der Waals surface area contributed by atoms with Gasteiger partial charge in [-0.15, -0.1) is 5.10 Å². The van der Waals surface area contributed by atoms with Crippen LogP contribution in [0.5, 0.6) is 0 Å². The lowest BCUT2D eigenvalue weighted by Gasteiger charge is -2.42. The lowest BCUT2D eigenvalue weighted by Crippen LogP contribution is -2.61. The zero-order valence-electron chi connectivity index (χ0n) is 71.1. The Morgan fingerprint density at radius 3 is 2.18 bits per heavy atom. The van der Waals surface area contributed by atoms with Crippen LogP contribution >= 0.6 is 0 Å². The van der Waals surface area contributed by atoms with Gasteiger partial charge in [-0.25, -0.2) is 24.1 Å². The molecule has 4 aromatic heterocycles. The number of aryl methyl sites for hydroxylation is 2. The summed E-state index contributed by atoms with van der Waals surface area (Å²) in [5.74, 6) is -8.67. The van der Waals surface area contributed by atoms with E-state index < -0.39 is 95.4 Å². The number of piperidine rings is 1. The molecule has 0 radical (unpaired) electrons. The van der Waals surface area contributed by atoms with Crippen LogP contribution in [0.25, 0.3) is 33.4 Å². The van der Waals surface area contributed by atoms with Crippen LogP contribution in [0.15, 0.2) is 82.7 Å². The maximum absolute atomic E-state index is 14.7. The molecule has 9 rings (SSSR count). The number of amides is 2. The van der Waals surface area contributed by atoms with Crippen molar-refractivity contribution in [1.29, 1.82) is 0 Å². The number of nitrogens with zero attached hydrogens (tertiary/aromatic N) is 9. The number of fused-ring (bicyclic) bond motifs is 5. The minimum Gasteiger partial charge on any atom is -0.459 e. The second kappa shape index (κ2) is 49.2. The maximum Gasteiger partial charge on any atom is 0.329 e. The Morgan fingerprint density at radius 2 is 1.47 bits per heavy atom. The van der Waals surface area contributed by atoms with Gasteiger partial charge >= 0.3 is 5.97 Å². The van der Waals surface area contributed by atoms with Crippen LogP contribution in [-0.2, 0) is 100 Å². The molecule has 664 valence electrons. The van der Waals surface area contributed by atoms with E-state index in [2.05, 4.69) is 30.6 Å². The van der Waals surface area contributed by atoms with Crippen LogP contribution in [0.2, 0.25) is 0 Å². The number of hydrogen-bond donors (Lipinski definition) is 7. The summed E-state index contributed by atoms with van der Waals surface area (Å²) in [5.41, 5.74) is 24.2. The highest BCUT2D eigenvalue weighted by atomic mass is 16.6. The topological polar surface area (TPSA) is 458 Å². The first-order chi connectivity index (χ1) is 57.8. The first-order valence-corrected chi connectivity index (χ1v) is 42.6. The molecule has 7 heterocycles. The first kappa shape index (κ1) is 95.6. The predicted octanol–water partition coefficient (Wildman–Crippen LogP) is 7.06. The normalized spacial score (nSPS) is 26.7. The van der Waals surface area contributed by atoms with Gasteiger partial charge in [0, 0.05) is 95.3 Å². The molecule has 0 spiro atoms. The van der Waals surface area contributed by atoms with Gasteiger partial charge in [0.05, 0.1) is 121 Å². The molecule has 4 aliphatic rings. The summed E-state index contributed by atoms with van der Waals surface area (Å²) in [6.45, 7) is 17.2. The van der Waals surface area contributed by atoms with E-state index in [0.717, 1.165) is 47.4 Å². The maximum atomic E-state index is 14.7. The summed E-state index contributed by atoms with van der Waals surface area (Å²) in [5, 5.41) is 51.7. The van der Waals surface area contributed by atoms with Gasteiger partial charge in [-0.1, -0.05) is 69.4 Å². The molecular formula is C86H129N13O21. The van der Waals surface area contributed by atoms with Gasteiger partial charge in [-0.2, -0.15) is 10.1 Å². The largest absolute Gasteiger partial charge is 0.459 e. The molecule has 2 bridgehead atoms. The summed E-state index contributed by atoms with van der Waals surface area (Å²) in [4.78, 5) is 98.0. The standard InChI is InChI=1S/C86H129N13O21/c1-55-18-10-9-11-19-56(2)71(109-7)51-64-25-22-60(6)86(108,120-64)80(105)83(106)98-30-15-12-21-67(98)84(107)118-72(52-68(100)57(3)47-59(5)78(103)79(104)77(102)58(4)46-55)65(87)48-61-23-26-70(73(49-61)110-8)117-33-17-13-20-63-53-97(96-94-63)32-35-112-37-39-114-41-43-116-45-44-115-42-40-113-38-36-111-34-28-74(101)90-29-14-16-31-99-82-75(81(88)91-54-92-82)76(95-99)62-24-27-69-66(50-62)93-85(89)119-69/h9-11,18-19,24,27,47,50,53-55,57-58,60-61,64-65,67,70-73,78-79,103-104,108H,12-17,20-23,25-26,28-46,48-49,51-52,87H2,1-8H3,(H2,89,93)(H,90,101)(H2,88,91,92)/b11-9?,18-10+,56-19?,59-47+/t55?,57?,58?,60-,61?,64+,65-,67+,70?,71?,72?,73-,78?,79+,86-/m1/s1. The number of hydrogen-bond acceptors (Lipinski definition) is 30. The Labute approximate surface area is 702 Å². The zero-order valence-corrected chi connectivity index (χ0v) is 71.1. The number of benzene rings is 1. The van der Waals surface area contributed by atoms with E-state index in [1.165, 1.54) is 19.3 Å². The number of aliphatic hydroxyl groups excluding tert-OH is 2. The number of allylic oxidation sites excluding steroid dienone is 6. The molecule has 34 nitrogen and oxygen atoms in total. The fourth-order valence-electron chi connectivity index (χ4n) is 15.8. The predicted molar refractivity (Wildman–Crippen MR) is 445 cm³/mol. The smallest absolute Gasteiger partial charge is 0.329 e. The highest BCUT2D eigenvalue weighted by molar-refractivity contribution is 6.39. The van der Waals surface area contributed by atoms with Crippen LogP contribution in [0.1, 0.15) is 156 Å². The number of methoxy groups -OCH3 is 2. The lowest BCUT2D eigenvalue weighted by atomic mass is 9.80. The Morgan fingerprint density at radius 1 is 0.750 bits per heavy atom. The van der Waals surface area contributed by atoms with Gasteiger partial charge in [0.1, 0.15) is 53.5 Å². The van der Waals surface area contributed by atoms with Crippen molar-refractivity contribution in [3.63, 3.8) is 0 Å². The van der Waals surface area contributed by atoms with Crippen molar-refractivity contribution in [3.05, 3.63) is 84.0 Å². The Balaban J connectivity index is 0.614. The number of Topliss-reactive ketones (excluding diaryl/α,β-unsaturated/α-hetero) is 3. The molecule has 3 fully saturated rings. The molecule has 1 aromatic carbocycles. The van der Waals surface area contributed by atoms with Crippen LogP contribution in [0.4, 0.5) is 11.8 Å². The summed E-state index contributed by atoms with van der Waals surface area (Å²) < 4.78 is 73.6. The van der Waals surface area contributed by atoms with E-state index in [4.69, 9.17) is 78.8 Å². The number of ketones is 3. The molecule has 2 amide bonds. The fraction of sp³-hybridized carbons (Fsp3) is 0.674. The third-order valence-electron chi connectivity index (χ3n) is 22.9. The molecule has 5 aromatic rings. The Kier molecular flexibility index (Phi) is 39.2. The number of aliphatic hydroxyl groups is 3. The summed E-state index contributed by atoms with van der Waals surface area (Å²) >= 11 is 0. The van der Waals surface area contributed by atoms with Gasteiger partial charge in [0.2, 0.25) is 11.7 Å². The minimum atomic E-state index is -2.49. The Bertz CT molecular complexity index is 4190. The number of cyclic esters (lactones) is 1. The SMILES string of the molecule is COC1C[C@@H]2CC[C@@H](C)[C@@](O)(O2)C(=O)C(=O)N2CCCC[C@H]2C(=O)OC([C@H](N)CC2CCC(OCCCCc3cn(CCOCCOCCOCCOCCOCCOCCC(=O)NCCCCn4nc(-c5ccc6oc(N)nc6c5)c5c(N)ncnc54)nn3)[C@H](OC)C2)CC(=O)C(C)/C=C(\C)C(O)[C@@H](O)C(=O)C(C)CC(C)/C=C/C=CC=C1C. The highest BCUT2D eigenvalue weighted by Gasteiger charge is 2.53. The fourth-order valence-corrected chi connectivity index (χ4v) is 15.8. The Hall–Kier alpha value is -8.20. The summed E-state index contributed by atoms with van der Waals surface area (Å²) in [7, 11) is 3.20. The van der Waals surface area contributed by atoms with Crippen molar-refractivity contribution in [2.45, 2.75) is 231 Å². The van der Waals surface area contributed by atoms with Crippen LogP contribution in [0.3, 0.4) is 0 Å². The van der Waals surface area contributed by atoms with Gasteiger partial charge < -0.3 is 99.3 Å². The van der Waals surface area contributed by atoms with Crippen molar-refractivity contribution >= 4 is 69.1 Å². The number of nitrogens with two attached hydrogens (primary N) is 3. The van der Waals surface area contributed by atoms with Gasteiger partial charge in [0.15, 0.2) is 17.0 Å². The number of nitrogen functional groups attached to an aromatic ring is 2. The molecule has 1 aliphatic carbocycles. The molecule has 8 unspecified atom stereocenters. The van der Waals surface area contributed by atoms with Crippen molar-refractivity contribution in [1.82, 2.24) is 49.9 Å². The minimum absolute atomic E-state index is 0.0257. The zero-order chi connectivity index (χ0) is 86.1. The summed E-state index contributed by atoms with van der Waals surface area (Å²) in [6.07, 6.45) is 16.6. The number of carbonyl (C=O) groups excluding carboxylic acids is 6. The molecule has 10 N–H and O–H groups in total.